The average Bonchev–Trinajstić information content (AvgIpc) is 3.64. The highest BCUT2D eigenvalue weighted by Crippen LogP contribution is 2.36. The number of anilines is 1. The molecule has 0 saturated heterocycles. The number of aromatic nitrogens is 2. The highest BCUT2D eigenvalue weighted by atomic mass is 19.1. The maximum atomic E-state index is 14.3. The number of hydrogen-bond donors (Lipinski definition) is 2. The molecule has 6 nitrogen and oxygen atoms in total. The van der Waals surface area contributed by atoms with Crippen molar-refractivity contribution in [2.75, 3.05) is 12.3 Å². The van der Waals surface area contributed by atoms with E-state index in [1.807, 2.05) is 25.1 Å². The first kappa shape index (κ1) is 21.1. The number of allylic oxidation sites excluding steroid dienone is 1. The van der Waals surface area contributed by atoms with Crippen molar-refractivity contribution in [2.24, 2.45) is 16.6 Å². The van der Waals surface area contributed by atoms with Crippen LogP contribution < -0.4 is 16.2 Å². The molecule has 0 amide bonds. The molecule has 0 spiro atoms. The molecular weight excluding hydrogens is 417 g/mol. The Balaban J connectivity index is 1.73. The molecule has 1 aliphatic heterocycles. The summed E-state index contributed by atoms with van der Waals surface area (Å²) in [4.78, 5) is 14.0. The molecule has 4 N–H and O–H groups in total. The van der Waals surface area contributed by atoms with Gasteiger partial charge in [0.25, 0.3) is 0 Å². The first-order valence-corrected chi connectivity index (χ1v) is 11.2. The fourth-order valence-electron chi connectivity index (χ4n) is 4.17. The number of hydrogen-bond acceptors (Lipinski definition) is 6. The van der Waals surface area contributed by atoms with Crippen molar-refractivity contribution in [1.29, 1.82) is 0 Å². The first-order valence-electron chi connectivity index (χ1n) is 11.2. The third-order valence-corrected chi connectivity index (χ3v) is 6.15. The van der Waals surface area contributed by atoms with Crippen molar-refractivity contribution < 1.29 is 9.13 Å². The van der Waals surface area contributed by atoms with E-state index >= 15 is 0 Å². The zero-order chi connectivity index (χ0) is 22.9. The summed E-state index contributed by atoms with van der Waals surface area (Å²) in [6.45, 7) is 2.61. The summed E-state index contributed by atoms with van der Waals surface area (Å²) >= 11 is 0. The number of rotatable bonds is 2. The Morgan fingerprint density at radius 3 is 2.85 bits per heavy atom. The number of pyridine rings is 2. The Kier molecular flexibility index (Phi) is 5.54. The molecule has 168 valence electrons. The highest BCUT2D eigenvalue weighted by Gasteiger charge is 2.24. The number of fused-ring (bicyclic) bond motifs is 5. The maximum Gasteiger partial charge on any atom is 0.166 e. The summed E-state index contributed by atoms with van der Waals surface area (Å²) in [5.74, 6) is 0.961. The topological polar surface area (TPSA) is 99.4 Å². The van der Waals surface area contributed by atoms with Crippen LogP contribution in [0.25, 0.3) is 11.3 Å². The van der Waals surface area contributed by atoms with Crippen LogP contribution >= 0.6 is 0 Å². The molecule has 1 saturated carbocycles. The summed E-state index contributed by atoms with van der Waals surface area (Å²) < 4.78 is 20.5. The molecule has 2 bridgehead atoms. The van der Waals surface area contributed by atoms with Gasteiger partial charge in [0.05, 0.1) is 11.4 Å². The van der Waals surface area contributed by atoms with Crippen molar-refractivity contribution in [1.82, 2.24) is 9.97 Å². The van der Waals surface area contributed by atoms with Crippen molar-refractivity contribution in [3.8, 4) is 17.0 Å². The molecule has 7 heteroatoms. The Labute approximate surface area is 192 Å². The number of nitrogens with two attached hydrogens (primary N) is 2. The molecule has 3 aromatic rings. The third-order valence-electron chi connectivity index (χ3n) is 6.15. The van der Waals surface area contributed by atoms with E-state index in [9.17, 15) is 4.39 Å². The highest BCUT2D eigenvalue weighted by molar-refractivity contribution is 6.13. The fourth-order valence-corrected chi connectivity index (χ4v) is 4.17. The molecule has 2 aliphatic rings. The van der Waals surface area contributed by atoms with E-state index in [0.717, 1.165) is 40.2 Å². The number of nitrogens with zero attached hydrogens (tertiary/aromatic N) is 3. The van der Waals surface area contributed by atoms with E-state index in [0.29, 0.717) is 23.7 Å². The van der Waals surface area contributed by atoms with E-state index in [-0.39, 0.29) is 11.6 Å². The second-order valence-electron chi connectivity index (χ2n) is 8.61. The first-order chi connectivity index (χ1) is 16.0. The van der Waals surface area contributed by atoms with Crippen LogP contribution in [0.15, 0.2) is 65.6 Å². The summed E-state index contributed by atoms with van der Waals surface area (Å²) in [7, 11) is 0. The summed E-state index contributed by atoms with van der Waals surface area (Å²) in [5, 5.41) is 0. The smallest absolute Gasteiger partial charge is 0.166 e. The minimum absolute atomic E-state index is 0.263. The predicted octanol–water partition coefficient (Wildman–Crippen LogP) is 4.60. The van der Waals surface area contributed by atoms with Crippen LogP contribution in [0.1, 0.15) is 42.6 Å². The average molecular weight is 444 g/mol. The van der Waals surface area contributed by atoms with Crippen LogP contribution in [-0.4, -0.2) is 22.2 Å². The normalized spacial score (nSPS) is 20.4. The van der Waals surface area contributed by atoms with Crippen molar-refractivity contribution in [3.05, 3.63) is 83.1 Å². The van der Waals surface area contributed by atoms with Gasteiger partial charge < -0.3 is 16.2 Å². The van der Waals surface area contributed by atoms with Gasteiger partial charge in [-0.3, -0.25) is 9.98 Å². The van der Waals surface area contributed by atoms with Gasteiger partial charge in [-0.25, -0.2) is 9.37 Å². The lowest BCUT2D eigenvalue weighted by atomic mass is 9.91. The number of halogens is 1. The van der Waals surface area contributed by atoms with Crippen LogP contribution in [0.4, 0.5) is 10.2 Å². The second kappa shape index (κ2) is 8.65. The van der Waals surface area contributed by atoms with Crippen LogP contribution in [0, 0.1) is 11.7 Å². The lowest BCUT2D eigenvalue weighted by Gasteiger charge is -2.22. The summed E-state index contributed by atoms with van der Waals surface area (Å²) in [6, 6.07) is 10.4. The van der Waals surface area contributed by atoms with Gasteiger partial charge in [-0.2, -0.15) is 0 Å². The largest absolute Gasteiger partial charge is 0.482 e. The Hall–Kier alpha value is -3.74. The van der Waals surface area contributed by atoms with Gasteiger partial charge in [-0.15, -0.1) is 0 Å². The van der Waals surface area contributed by atoms with Gasteiger partial charge in [0.2, 0.25) is 0 Å². The minimum Gasteiger partial charge on any atom is -0.482 e. The molecule has 5 rings (SSSR count). The zero-order valence-electron chi connectivity index (χ0n) is 18.5. The lowest BCUT2D eigenvalue weighted by Crippen LogP contribution is -2.15. The SMILES string of the molecule is C[C@H]1Oc2cc(cnc2N)C(=NCC2CC2)C(=CN)Cc2cccnc2-c2ccc(F)cc21. The quantitative estimate of drug-likeness (QED) is 0.603. The van der Waals surface area contributed by atoms with Crippen molar-refractivity contribution in [3.63, 3.8) is 0 Å². The molecule has 1 atom stereocenters. The molecular formula is C26H26FN5O. The minimum atomic E-state index is -0.485. The van der Waals surface area contributed by atoms with E-state index in [1.54, 1.807) is 24.7 Å². The monoisotopic (exact) mass is 443 g/mol. The standard InChI is InChI=1S/C26H26FN5O/c1-15-22-11-20(27)6-7-21(22)25-17(3-2-8-30-25)9-18(12-28)24(31-13-16-4-5-16)19-10-23(33-15)26(29)32-14-19/h2-3,6-8,10-12,14-16H,4-5,9,13,28H2,1H3,(H2,29,32)/t15-/m1/s1. The number of nitrogen functional groups attached to an aromatic ring is 1. The van der Waals surface area contributed by atoms with Crippen LogP contribution in [-0.2, 0) is 6.42 Å². The molecule has 3 heterocycles. The van der Waals surface area contributed by atoms with Gasteiger partial charge in [0.15, 0.2) is 11.6 Å². The van der Waals surface area contributed by atoms with Gasteiger partial charge in [-0.05, 0) is 73.4 Å². The second-order valence-corrected chi connectivity index (χ2v) is 8.61. The van der Waals surface area contributed by atoms with Crippen LogP contribution in [0.5, 0.6) is 5.75 Å². The van der Waals surface area contributed by atoms with Crippen molar-refractivity contribution >= 4 is 11.5 Å². The van der Waals surface area contributed by atoms with Gasteiger partial charge in [0.1, 0.15) is 11.9 Å². The molecule has 1 aliphatic carbocycles. The van der Waals surface area contributed by atoms with Gasteiger partial charge >= 0.3 is 0 Å². The number of ether oxygens (including phenoxy) is 1. The predicted molar refractivity (Wildman–Crippen MR) is 127 cm³/mol. The van der Waals surface area contributed by atoms with E-state index in [1.165, 1.54) is 25.0 Å². The maximum absolute atomic E-state index is 14.3. The van der Waals surface area contributed by atoms with Crippen LogP contribution in [0.2, 0.25) is 0 Å². The molecule has 0 unspecified atom stereocenters. The number of aliphatic imine (C=N–C) groups is 1. The molecule has 33 heavy (non-hydrogen) atoms. The van der Waals surface area contributed by atoms with Crippen LogP contribution in [0.3, 0.4) is 0 Å². The Bertz CT molecular complexity index is 1270. The van der Waals surface area contributed by atoms with E-state index in [2.05, 4.69) is 9.97 Å². The third kappa shape index (κ3) is 4.31. The molecule has 2 aromatic heterocycles. The molecule has 1 fully saturated rings. The molecule has 0 radical (unpaired) electrons. The molecule has 1 aromatic carbocycles. The fraction of sp³-hybridized carbons (Fsp3) is 0.269. The van der Waals surface area contributed by atoms with Gasteiger partial charge in [0, 0.05) is 42.0 Å². The number of benzene rings is 1. The Morgan fingerprint density at radius 1 is 1.21 bits per heavy atom. The zero-order valence-corrected chi connectivity index (χ0v) is 18.5. The Morgan fingerprint density at radius 2 is 2.06 bits per heavy atom. The van der Waals surface area contributed by atoms with E-state index in [4.69, 9.17) is 21.2 Å². The van der Waals surface area contributed by atoms with Crippen molar-refractivity contribution in [2.45, 2.75) is 32.3 Å². The lowest BCUT2D eigenvalue weighted by molar-refractivity contribution is 0.227. The summed E-state index contributed by atoms with van der Waals surface area (Å²) in [5.41, 5.74) is 17.9. The van der Waals surface area contributed by atoms with Gasteiger partial charge in [-0.1, -0.05) is 6.07 Å². The van der Waals surface area contributed by atoms with E-state index < -0.39 is 6.10 Å². The summed E-state index contributed by atoms with van der Waals surface area (Å²) in [6.07, 6.45) is 7.47.